The van der Waals surface area contributed by atoms with Gasteiger partial charge in [-0.25, -0.2) is 16.8 Å². The van der Waals surface area contributed by atoms with Gasteiger partial charge in [-0.05, 0) is 19.3 Å². The zero-order valence-electron chi connectivity index (χ0n) is 18.9. The van der Waals surface area contributed by atoms with E-state index in [-0.39, 0.29) is 0 Å². The Balaban J connectivity index is 0.000000712. The maximum Gasteiger partial charge on any atom is 0.467 e. The Labute approximate surface area is 197 Å². The zero-order chi connectivity index (χ0) is 28.0. The van der Waals surface area contributed by atoms with Crippen molar-refractivity contribution in [3.05, 3.63) is 4.13 Å². The van der Waals surface area contributed by atoms with Gasteiger partial charge in [0.1, 0.15) is 0 Å². The van der Waals surface area contributed by atoms with Crippen LogP contribution in [0.25, 0.3) is 4.13 Å². The van der Waals surface area contributed by atoms with E-state index in [0.29, 0.717) is 4.13 Å². The fraction of sp³-hybridized carbons (Fsp3) is 1.00. The van der Waals surface area contributed by atoms with Gasteiger partial charge in [0.05, 0.1) is 26.2 Å². The fourth-order valence-electron chi connectivity index (χ4n) is 3.43. The molecule has 35 heavy (non-hydrogen) atoms. The summed E-state index contributed by atoms with van der Waals surface area (Å²) in [6.45, 7) is 10.5. The normalized spacial score (nSPS) is 17.7. The summed E-state index contributed by atoms with van der Waals surface area (Å²) in [7, 11) is -15.2. The van der Waals surface area contributed by atoms with Crippen molar-refractivity contribution in [1.29, 1.82) is 0 Å². The lowest BCUT2D eigenvalue weighted by Crippen LogP contribution is -2.48. The number of rotatable bonds is 11. The molecule has 1 heterocycles. The summed E-state index contributed by atoms with van der Waals surface area (Å²) in [5.41, 5.74) is 0. The van der Waals surface area contributed by atoms with Gasteiger partial charge in [0.15, 0.2) is 20.0 Å². The Morgan fingerprint density at radius 3 is 1.34 bits per heavy atom. The number of hydrogen-bond acceptors (Lipinski definition) is 4. The van der Waals surface area contributed by atoms with Gasteiger partial charge < -0.3 is 8.61 Å². The maximum absolute atomic E-state index is 12.3. The predicted molar refractivity (Wildman–Crippen MR) is 107 cm³/mol. The van der Waals surface area contributed by atoms with Crippen molar-refractivity contribution in [1.82, 2.24) is 0 Å². The SMILES string of the molecule is CCCCCC[N+]1(CCC)CCCC1.O=S(=O)([N-]S(=O)(=O)C(F)(F)C(F)(F)F)C(F)(F)C(F)(F)F. The number of likely N-dealkylation sites (tertiary alicyclic amines) is 1. The van der Waals surface area contributed by atoms with E-state index in [2.05, 4.69) is 13.8 Å². The third-order valence-corrected chi connectivity index (χ3v) is 8.53. The lowest BCUT2D eigenvalue weighted by Gasteiger charge is -2.34. The second-order valence-corrected chi connectivity index (χ2v) is 11.6. The van der Waals surface area contributed by atoms with Crippen LogP contribution in [0.2, 0.25) is 0 Å². The molecule has 0 aromatic heterocycles. The van der Waals surface area contributed by atoms with Crippen molar-refractivity contribution in [2.45, 2.75) is 81.7 Å². The van der Waals surface area contributed by atoms with Crippen LogP contribution in [-0.4, -0.2) is 70.4 Å². The first-order valence-corrected chi connectivity index (χ1v) is 13.4. The maximum atomic E-state index is 12.3. The molecule has 0 spiro atoms. The lowest BCUT2D eigenvalue weighted by atomic mass is 10.2. The molecular formula is C17H28F10N2O4S2. The second kappa shape index (κ2) is 12.1. The minimum Gasteiger partial charge on any atom is -0.425 e. The average molecular weight is 579 g/mol. The van der Waals surface area contributed by atoms with Gasteiger partial charge >= 0.3 is 22.9 Å². The number of hydrogen-bond donors (Lipinski definition) is 0. The summed E-state index contributed by atoms with van der Waals surface area (Å²) in [5.74, 6) is 0. The summed E-state index contributed by atoms with van der Waals surface area (Å²) < 4.78 is 163. The molecule has 1 fully saturated rings. The summed E-state index contributed by atoms with van der Waals surface area (Å²) in [5, 5.41) is -14.0. The molecule has 0 atom stereocenters. The summed E-state index contributed by atoms with van der Waals surface area (Å²) in [4.78, 5) is 0. The van der Waals surface area contributed by atoms with Crippen LogP contribution in [0.4, 0.5) is 43.9 Å². The van der Waals surface area contributed by atoms with Crippen molar-refractivity contribution in [3.8, 4) is 0 Å². The van der Waals surface area contributed by atoms with Crippen LogP contribution < -0.4 is 0 Å². The number of halogens is 10. The predicted octanol–water partition coefficient (Wildman–Crippen LogP) is 5.92. The van der Waals surface area contributed by atoms with Crippen LogP contribution in [0.15, 0.2) is 0 Å². The van der Waals surface area contributed by atoms with E-state index < -0.39 is 42.9 Å². The smallest absolute Gasteiger partial charge is 0.425 e. The highest BCUT2D eigenvalue weighted by Gasteiger charge is 2.68. The van der Waals surface area contributed by atoms with Gasteiger partial charge in [-0.3, -0.25) is 0 Å². The number of sulfonamides is 2. The summed E-state index contributed by atoms with van der Waals surface area (Å²) in [6, 6.07) is 0. The third kappa shape index (κ3) is 8.59. The summed E-state index contributed by atoms with van der Waals surface area (Å²) in [6.07, 6.45) is -3.94. The number of quaternary nitrogens is 1. The highest BCUT2D eigenvalue weighted by atomic mass is 32.3. The Morgan fingerprint density at radius 2 is 1.03 bits per heavy atom. The molecule has 0 bridgehead atoms. The molecular weight excluding hydrogens is 550 g/mol. The highest BCUT2D eigenvalue weighted by Crippen LogP contribution is 2.47. The van der Waals surface area contributed by atoms with Gasteiger partial charge in [-0.2, -0.15) is 43.9 Å². The second-order valence-electron chi connectivity index (χ2n) is 8.06. The van der Waals surface area contributed by atoms with Gasteiger partial charge in [-0.1, -0.05) is 26.7 Å². The van der Waals surface area contributed by atoms with Crippen LogP contribution >= 0.6 is 0 Å². The van der Waals surface area contributed by atoms with Crippen LogP contribution in [0, 0.1) is 0 Å². The van der Waals surface area contributed by atoms with Crippen molar-refractivity contribution in [2.24, 2.45) is 0 Å². The standard InChI is InChI=1S/C13H28N.C4F10NO4S2/c1-3-5-6-7-11-14(10-4-2)12-8-9-13-14;5-1(6,7)3(11,12)20(16,17)15-21(18,19)4(13,14)2(8,9)10/h3-13H2,1-2H3;/q+1;-1. The molecule has 0 radical (unpaired) electrons. The molecule has 0 unspecified atom stereocenters. The first kappa shape index (κ1) is 34.1. The molecule has 1 aliphatic heterocycles. The molecule has 18 heteroatoms. The molecule has 0 aromatic rings. The number of nitrogens with zero attached hydrogens (tertiary/aromatic N) is 2. The minimum absolute atomic E-state index is 0.422. The molecule has 0 aliphatic carbocycles. The largest absolute Gasteiger partial charge is 0.467 e. The monoisotopic (exact) mass is 578 g/mol. The van der Waals surface area contributed by atoms with Crippen molar-refractivity contribution in [3.63, 3.8) is 0 Å². The Morgan fingerprint density at radius 1 is 0.629 bits per heavy atom. The van der Waals surface area contributed by atoms with Crippen molar-refractivity contribution >= 4 is 20.0 Å². The Bertz CT molecular complexity index is 812. The molecule has 212 valence electrons. The summed E-state index contributed by atoms with van der Waals surface area (Å²) >= 11 is 0. The first-order valence-electron chi connectivity index (χ1n) is 10.5. The van der Waals surface area contributed by atoms with Gasteiger partial charge in [0.25, 0.3) is 0 Å². The van der Waals surface area contributed by atoms with E-state index in [4.69, 9.17) is 0 Å². The van der Waals surface area contributed by atoms with Crippen LogP contribution in [0.5, 0.6) is 0 Å². The van der Waals surface area contributed by atoms with Crippen molar-refractivity contribution in [2.75, 3.05) is 26.2 Å². The average Bonchev–Trinajstić information content (AvgIpc) is 3.12. The quantitative estimate of drug-likeness (QED) is 0.173. The van der Waals surface area contributed by atoms with E-state index in [9.17, 15) is 60.7 Å². The van der Waals surface area contributed by atoms with Gasteiger partial charge in [0, 0.05) is 12.8 Å². The molecule has 0 aromatic carbocycles. The number of alkyl halides is 10. The topological polar surface area (TPSA) is 82.4 Å². The molecule has 1 aliphatic rings. The number of unbranched alkanes of at least 4 members (excludes halogenated alkanes) is 3. The third-order valence-electron chi connectivity index (χ3n) is 5.20. The van der Waals surface area contributed by atoms with E-state index in [1.165, 1.54) is 75.6 Å². The first-order chi connectivity index (χ1) is 15.5. The van der Waals surface area contributed by atoms with E-state index in [0.717, 1.165) is 0 Å². The van der Waals surface area contributed by atoms with E-state index in [1.807, 2.05) is 0 Å². The van der Waals surface area contributed by atoms with Crippen LogP contribution in [-0.2, 0) is 20.0 Å². The van der Waals surface area contributed by atoms with E-state index >= 15 is 0 Å². The lowest BCUT2D eigenvalue weighted by molar-refractivity contribution is -0.917. The molecule has 1 saturated heterocycles. The van der Waals surface area contributed by atoms with Gasteiger partial charge in [0.2, 0.25) is 0 Å². The van der Waals surface area contributed by atoms with Crippen LogP contribution in [0.1, 0.15) is 58.8 Å². The Hall–Kier alpha value is -0.880. The molecule has 0 amide bonds. The highest BCUT2D eigenvalue weighted by molar-refractivity contribution is 8.13. The van der Waals surface area contributed by atoms with Crippen LogP contribution in [0.3, 0.4) is 0 Å². The zero-order valence-corrected chi connectivity index (χ0v) is 20.5. The minimum atomic E-state index is -7.62. The molecule has 1 rings (SSSR count). The van der Waals surface area contributed by atoms with Crippen molar-refractivity contribution < 1.29 is 65.2 Å². The molecule has 6 nitrogen and oxygen atoms in total. The van der Waals surface area contributed by atoms with Gasteiger partial charge in [-0.15, -0.1) is 0 Å². The van der Waals surface area contributed by atoms with E-state index in [1.54, 1.807) is 0 Å². The molecule has 0 saturated carbocycles. The molecule has 0 N–H and O–H groups in total. The fourth-order valence-corrected chi connectivity index (χ4v) is 5.80. The Kier molecular flexibility index (Phi) is 11.8.